The van der Waals surface area contributed by atoms with Crippen LogP contribution in [0.1, 0.15) is 62.0 Å². The summed E-state index contributed by atoms with van der Waals surface area (Å²) in [5.74, 6) is 0. The second kappa shape index (κ2) is 6.35. The molecule has 1 aliphatic heterocycles. The Morgan fingerprint density at radius 1 is 1.24 bits per heavy atom. The molecule has 118 valence electrons. The van der Waals surface area contributed by atoms with Crippen LogP contribution < -0.4 is 5.32 Å². The van der Waals surface area contributed by atoms with Crippen LogP contribution in [0.15, 0.2) is 0 Å². The van der Waals surface area contributed by atoms with Gasteiger partial charge in [-0.25, -0.2) is 4.98 Å². The molecule has 1 aromatic heterocycles. The fraction of sp³-hybridized carbons (Fsp3) is 0.824. The van der Waals surface area contributed by atoms with Gasteiger partial charge >= 0.3 is 0 Å². The molecule has 2 aliphatic rings. The van der Waals surface area contributed by atoms with Crippen molar-refractivity contribution in [2.45, 2.75) is 70.9 Å². The molecule has 0 radical (unpaired) electrons. The highest BCUT2D eigenvalue weighted by atomic mass is 32.1. The summed E-state index contributed by atoms with van der Waals surface area (Å²) < 4.78 is 0. The highest BCUT2D eigenvalue weighted by Gasteiger charge is 2.39. The Balaban J connectivity index is 1.83. The molecule has 3 nitrogen and oxygen atoms in total. The van der Waals surface area contributed by atoms with Gasteiger partial charge in [0.15, 0.2) is 0 Å². The van der Waals surface area contributed by atoms with Gasteiger partial charge in [-0.15, -0.1) is 11.3 Å². The minimum absolute atomic E-state index is 0.141. The Bertz CT molecular complexity index is 449. The van der Waals surface area contributed by atoms with E-state index in [0.717, 1.165) is 6.54 Å². The van der Waals surface area contributed by atoms with Crippen molar-refractivity contribution in [3.8, 4) is 0 Å². The summed E-state index contributed by atoms with van der Waals surface area (Å²) in [5.41, 5.74) is 1.55. The molecule has 1 fully saturated rings. The summed E-state index contributed by atoms with van der Waals surface area (Å²) in [6, 6.07) is 0.661. The number of piperidine rings is 1. The minimum Gasteiger partial charge on any atom is -0.306 e. The Morgan fingerprint density at radius 2 is 1.95 bits per heavy atom. The fourth-order valence-corrected chi connectivity index (χ4v) is 5.16. The van der Waals surface area contributed by atoms with Crippen LogP contribution in [0.4, 0.5) is 0 Å². The highest BCUT2D eigenvalue weighted by molar-refractivity contribution is 7.11. The summed E-state index contributed by atoms with van der Waals surface area (Å²) in [5, 5.41) is 5.18. The molecular weight excluding hydrogens is 278 g/mol. The molecule has 0 bridgehead atoms. The van der Waals surface area contributed by atoms with E-state index in [2.05, 4.69) is 31.0 Å². The van der Waals surface area contributed by atoms with Crippen LogP contribution >= 0.6 is 11.3 Å². The molecule has 0 atom stereocenters. The first kappa shape index (κ1) is 15.4. The molecule has 1 N–H and O–H groups in total. The predicted molar refractivity (Wildman–Crippen MR) is 90.1 cm³/mol. The summed E-state index contributed by atoms with van der Waals surface area (Å²) >= 11 is 2.00. The molecule has 3 rings (SSSR count). The van der Waals surface area contributed by atoms with Crippen molar-refractivity contribution in [2.75, 3.05) is 19.6 Å². The van der Waals surface area contributed by atoms with Crippen molar-refractivity contribution in [2.24, 2.45) is 0 Å². The van der Waals surface area contributed by atoms with Crippen LogP contribution in [0.2, 0.25) is 0 Å². The Hall–Kier alpha value is -0.450. The van der Waals surface area contributed by atoms with E-state index in [1.807, 2.05) is 11.3 Å². The van der Waals surface area contributed by atoms with E-state index < -0.39 is 0 Å². The summed E-state index contributed by atoms with van der Waals surface area (Å²) in [7, 11) is 0. The SMILES string of the molecule is CCNC1(c2nc3c(s2)CCCC3)CCN(C(C)C)CC1. The Morgan fingerprint density at radius 3 is 2.57 bits per heavy atom. The molecule has 0 saturated carbocycles. The van der Waals surface area contributed by atoms with Gasteiger partial charge in [-0.1, -0.05) is 6.92 Å². The number of nitrogens with zero attached hydrogens (tertiary/aromatic N) is 2. The minimum atomic E-state index is 0.141. The van der Waals surface area contributed by atoms with Crippen LogP contribution in [0.3, 0.4) is 0 Å². The average Bonchev–Trinajstić information content (AvgIpc) is 2.92. The maximum Gasteiger partial charge on any atom is 0.113 e. The van der Waals surface area contributed by atoms with Gasteiger partial charge < -0.3 is 10.2 Å². The van der Waals surface area contributed by atoms with E-state index in [0.29, 0.717) is 6.04 Å². The fourth-order valence-electron chi connectivity index (χ4n) is 3.78. The van der Waals surface area contributed by atoms with E-state index in [4.69, 9.17) is 4.98 Å². The third-order valence-electron chi connectivity index (χ3n) is 5.15. The van der Waals surface area contributed by atoms with Crippen molar-refractivity contribution in [3.05, 3.63) is 15.6 Å². The van der Waals surface area contributed by atoms with Crippen LogP contribution in [-0.2, 0) is 18.4 Å². The van der Waals surface area contributed by atoms with Crippen molar-refractivity contribution in [1.29, 1.82) is 0 Å². The molecule has 1 aromatic rings. The van der Waals surface area contributed by atoms with Gasteiger partial charge in [0.05, 0.1) is 11.2 Å². The number of nitrogens with one attached hydrogen (secondary N) is 1. The second-order valence-corrected chi connectivity index (χ2v) is 7.92. The Labute approximate surface area is 133 Å². The highest BCUT2D eigenvalue weighted by Crippen LogP contribution is 2.38. The van der Waals surface area contributed by atoms with Crippen molar-refractivity contribution < 1.29 is 0 Å². The molecule has 21 heavy (non-hydrogen) atoms. The van der Waals surface area contributed by atoms with E-state index >= 15 is 0 Å². The lowest BCUT2D eigenvalue weighted by Crippen LogP contribution is -2.52. The number of aryl methyl sites for hydroxylation is 2. The molecule has 0 unspecified atom stereocenters. The predicted octanol–water partition coefficient (Wildman–Crippen LogP) is 3.33. The number of hydrogen-bond acceptors (Lipinski definition) is 4. The van der Waals surface area contributed by atoms with Crippen LogP contribution in [0.5, 0.6) is 0 Å². The van der Waals surface area contributed by atoms with Crippen LogP contribution in [-0.4, -0.2) is 35.6 Å². The first-order chi connectivity index (χ1) is 10.1. The zero-order valence-corrected chi connectivity index (χ0v) is 14.6. The second-order valence-electron chi connectivity index (χ2n) is 6.84. The lowest BCUT2D eigenvalue weighted by molar-refractivity contribution is 0.110. The van der Waals surface area contributed by atoms with E-state index in [1.165, 1.54) is 62.3 Å². The van der Waals surface area contributed by atoms with E-state index in [9.17, 15) is 0 Å². The van der Waals surface area contributed by atoms with Crippen molar-refractivity contribution in [1.82, 2.24) is 15.2 Å². The van der Waals surface area contributed by atoms with Gasteiger partial charge in [-0.3, -0.25) is 0 Å². The smallest absolute Gasteiger partial charge is 0.113 e. The van der Waals surface area contributed by atoms with E-state index in [1.54, 1.807) is 4.88 Å². The third kappa shape index (κ3) is 3.03. The number of fused-ring (bicyclic) bond motifs is 1. The molecule has 1 aliphatic carbocycles. The molecule has 2 heterocycles. The summed E-state index contributed by atoms with van der Waals surface area (Å²) in [6.45, 7) is 10.3. The van der Waals surface area contributed by atoms with Gasteiger partial charge in [-0.05, 0) is 58.9 Å². The zero-order chi connectivity index (χ0) is 14.9. The molecule has 0 spiro atoms. The average molecular weight is 308 g/mol. The van der Waals surface area contributed by atoms with E-state index in [-0.39, 0.29) is 5.54 Å². The molecular formula is C17H29N3S. The maximum absolute atomic E-state index is 5.07. The number of rotatable bonds is 4. The zero-order valence-electron chi connectivity index (χ0n) is 13.7. The molecule has 1 saturated heterocycles. The topological polar surface area (TPSA) is 28.2 Å². The first-order valence-electron chi connectivity index (χ1n) is 8.63. The number of likely N-dealkylation sites (tertiary alicyclic amines) is 1. The number of aromatic nitrogens is 1. The maximum atomic E-state index is 5.07. The number of hydrogen-bond donors (Lipinski definition) is 1. The standard InChI is InChI=1S/C17H29N3S/c1-4-18-17(9-11-20(12-10-17)13(2)3)16-19-14-7-5-6-8-15(14)21-16/h13,18H,4-12H2,1-3H3. The van der Waals surface area contributed by atoms with Crippen molar-refractivity contribution >= 4 is 11.3 Å². The van der Waals surface area contributed by atoms with Gasteiger partial charge in [0, 0.05) is 24.0 Å². The van der Waals surface area contributed by atoms with Gasteiger partial charge in [0.2, 0.25) is 0 Å². The summed E-state index contributed by atoms with van der Waals surface area (Å²) in [6.07, 6.45) is 7.53. The largest absolute Gasteiger partial charge is 0.306 e. The van der Waals surface area contributed by atoms with Gasteiger partial charge in [-0.2, -0.15) is 0 Å². The quantitative estimate of drug-likeness (QED) is 0.925. The normalized spacial score (nSPS) is 22.5. The van der Waals surface area contributed by atoms with Crippen molar-refractivity contribution in [3.63, 3.8) is 0 Å². The van der Waals surface area contributed by atoms with Crippen LogP contribution in [0, 0.1) is 0 Å². The third-order valence-corrected chi connectivity index (χ3v) is 6.51. The van der Waals surface area contributed by atoms with Crippen LogP contribution in [0.25, 0.3) is 0 Å². The lowest BCUT2D eigenvalue weighted by Gasteiger charge is -2.42. The first-order valence-corrected chi connectivity index (χ1v) is 9.44. The molecule has 0 aromatic carbocycles. The lowest BCUT2D eigenvalue weighted by atomic mass is 9.87. The molecule has 4 heteroatoms. The molecule has 0 amide bonds. The summed E-state index contributed by atoms with van der Waals surface area (Å²) in [4.78, 5) is 9.24. The number of thiazole rings is 1. The Kier molecular flexibility index (Phi) is 4.67. The van der Waals surface area contributed by atoms with Gasteiger partial charge in [0.25, 0.3) is 0 Å². The monoisotopic (exact) mass is 307 g/mol. The van der Waals surface area contributed by atoms with Gasteiger partial charge in [0.1, 0.15) is 5.01 Å².